The van der Waals surface area contributed by atoms with E-state index in [0.717, 1.165) is 25.2 Å². The second-order valence-corrected chi connectivity index (χ2v) is 4.51. The van der Waals surface area contributed by atoms with Crippen LogP contribution in [0.5, 0.6) is 0 Å². The zero-order chi connectivity index (χ0) is 12.4. The van der Waals surface area contributed by atoms with Crippen molar-refractivity contribution in [1.29, 1.82) is 0 Å². The van der Waals surface area contributed by atoms with E-state index < -0.39 is 4.92 Å². The first-order valence-corrected chi connectivity index (χ1v) is 5.75. The van der Waals surface area contributed by atoms with Gasteiger partial charge in [0, 0.05) is 36.8 Å². The highest BCUT2D eigenvalue weighted by Gasteiger charge is 2.26. The van der Waals surface area contributed by atoms with Crippen LogP contribution in [0, 0.1) is 16.0 Å². The molecule has 2 rings (SSSR count). The summed E-state index contributed by atoms with van der Waals surface area (Å²) in [6, 6.07) is 6.57. The van der Waals surface area contributed by atoms with Gasteiger partial charge in [0.1, 0.15) is 0 Å². The number of nitro groups is 1. The number of anilines is 1. The molecular formula is C12H16N2O3. The number of aliphatic hydroxyl groups excluding tert-OH is 1. The molecule has 92 valence electrons. The Morgan fingerprint density at radius 1 is 1.47 bits per heavy atom. The number of nitro benzene ring substituents is 1. The Hall–Kier alpha value is -1.62. The minimum atomic E-state index is -0.396. The molecule has 1 aromatic carbocycles. The van der Waals surface area contributed by atoms with Crippen molar-refractivity contribution in [3.63, 3.8) is 0 Å². The summed E-state index contributed by atoms with van der Waals surface area (Å²) in [6.07, 6.45) is 0.673. The fourth-order valence-corrected chi connectivity index (χ4v) is 2.20. The topological polar surface area (TPSA) is 66.6 Å². The first kappa shape index (κ1) is 11.9. The van der Waals surface area contributed by atoms with Crippen LogP contribution in [0.4, 0.5) is 11.4 Å². The maximum Gasteiger partial charge on any atom is 0.269 e. The van der Waals surface area contributed by atoms with Crippen LogP contribution in [0.15, 0.2) is 24.3 Å². The van der Waals surface area contributed by atoms with E-state index >= 15 is 0 Å². The fourth-order valence-electron chi connectivity index (χ4n) is 2.20. The third-order valence-electron chi connectivity index (χ3n) is 3.33. The van der Waals surface area contributed by atoms with Crippen LogP contribution < -0.4 is 4.90 Å². The lowest BCUT2D eigenvalue weighted by Gasteiger charge is -2.19. The average Bonchev–Trinajstić information content (AvgIpc) is 2.78. The first-order valence-electron chi connectivity index (χ1n) is 5.75. The predicted molar refractivity (Wildman–Crippen MR) is 65.1 cm³/mol. The number of nitrogens with zero attached hydrogens (tertiary/aromatic N) is 2. The first-order chi connectivity index (χ1) is 8.08. The summed E-state index contributed by atoms with van der Waals surface area (Å²) in [7, 11) is 0. The average molecular weight is 236 g/mol. The number of hydrogen-bond donors (Lipinski definition) is 1. The van der Waals surface area contributed by atoms with Gasteiger partial charge in [0.25, 0.3) is 5.69 Å². The normalized spacial score (nSPS) is 21.5. The van der Waals surface area contributed by atoms with Crippen LogP contribution in [-0.2, 0) is 0 Å². The molecule has 1 N–H and O–H groups in total. The summed E-state index contributed by atoms with van der Waals surface area (Å²) >= 11 is 0. The van der Waals surface area contributed by atoms with E-state index in [9.17, 15) is 15.2 Å². The third kappa shape index (κ3) is 2.55. The zero-order valence-corrected chi connectivity index (χ0v) is 9.74. The molecule has 0 amide bonds. The molecule has 0 saturated carbocycles. The summed E-state index contributed by atoms with van der Waals surface area (Å²) in [4.78, 5) is 12.3. The Kier molecular flexibility index (Phi) is 3.28. The van der Waals surface area contributed by atoms with Crippen molar-refractivity contribution in [2.24, 2.45) is 5.92 Å². The molecule has 17 heavy (non-hydrogen) atoms. The third-order valence-corrected chi connectivity index (χ3v) is 3.33. The summed E-state index contributed by atoms with van der Waals surface area (Å²) in [6.45, 7) is 3.52. The zero-order valence-electron chi connectivity index (χ0n) is 9.74. The molecule has 1 heterocycles. The van der Waals surface area contributed by atoms with E-state index in [4.69, 9.17) is 0 Å². The maximum absolute atomic E-state index is 10.5. The standard InChI is InChI=1S/C12H16N2O3/c1-9(15)10-6-7-13(8-10)11-2-4-12(5-3-11)14(16)17/h2-5,9-10,15H,6-8H2,1H3. The highest BCUT2D eigenvalue weighted by Crippen LogP contribution is 2.27. The fraction of sp³-hybridized carbons (Fsp3) is 0.500. The van der Waals surface area contributed by atoms with Crippen molar-refractivity contribution in [1.82, 2.24) is 0 Å². The van der Waals surface area contributed by atoms with Crippen LogP contribution in [0.1, 0.15) is 13.3 Å². The van der Waals surface area contributed by atoms with Gasteiger partial charge in [0.05, 0.1) is 11.0 Å². The molecule has 0 aromatic heterocycles. The smallest absolute Gasteiger partial charge is 0.269 e. The minimum absolute atomic E-state index is 0.111. The lowest BCUT2D eigenvalue weighted by atomic mass is 10.0. The summed E-state index contributed by atoms with van der Waals surface area (Å²) in [5, 5.41) is 20.1. The Morgan fingerprint density at radius 3 is 2.59 bits per heavy atom. The molecular weight excluding hydrogens is 220 g/mol. The molecule has 1 aliphatic rings. The van der Waals surface area contributed by atoms with Crippen LogP contribution in [0.25, 0.3) is 0 Å². The molecule has 0 bridgehead atoms. The second-order valence-electron chi connectivity index (χ2n) is 4.51. The lowest BCUT2D eigenvalue weighted by molar-refractivity contribution is -0.384. The lowest BCUT2D eigenvalue weighted by Crippen LogP contribution is -2.23. The van der Waals surface area contributed by atoms with Crippen molar-refractivity contribution in [2.45, 2.75) is 19.4 Å². The Labute approximate surface area is 99.8 Å². The van der Waals surface area contributed by atoms with Gasteiger partial charge < -0.3 is 10.0 Å². The Morgan fingerprint density at radius 2 is 2.12 bits per heavy atom. The molecule has 0 spiro atoms. The number of benzene rings is 1. The van der Waals surface area contributed by atoms with Crippen molar-refractivity contribution in [2.75, 3.05) is 18.0 Å². The van der Waals surface area contributed by atoms with Gasteiger partial charge in [-0.1, -0.05) is 0 Å². The SMILES string of the molecule is CC(O)C1CCN(c2ccc([N+](=O)[O-])cc2)C1. The minimum Gasteiger partial charge on any atom is -0.393 e. The second kappa shape index (κ2) is 4.71. The molecule has 2 atom stereocenters. The largest absolute Gasteiger partial charge is 0.393 e. The molecule has 1 fully saturated rings. The van der Waals surface area contributed by atoms with Gasteiger partial charge in [-0.15, -0.1) is 0 Å². The highest BCUT2D eigenvalue weighted by molar-refractivity contribution is 5.51. The summed E-state index contributed by atoms with van der Waals surface area (Å²) in [5.74, 6) is 0.296. The van der Waals surface area contributed by atoms with Gasteiger partial charge in [-0.2, -0.15) is 0 Å². The molecule has 2 unspecified atom stereocenters. The monoisotopic (exact) mass is 236 g/mol. The Balaban J connectivity index is 2.06. The number of hydrogen-bond acceptors (Lipinski definition) is 4. The van der Waals surface area contributed by atoms with E-state index in [1.54, 1.807) is 12.1 Å². The number of non-ortho nitro benzene ring substituents is 1. The van der Waals surface area contributed by atoms with Crippen LogP contribution in [0.2, 0.25) is 0 Å². The van der Waals surface area contributed by atoms with Gasteiger partial charge >= 0.3 is 0 Å². The van der Waals surface area contributed by atoms with Crippen LogP contribution >= 0.6 is 0 Å². The quantitative estimate of drug-likeness (QED) is 0.642. The molecule has 1 saturated heterocycles. The maximum atomic E-state index is 10.5. The van der Waals surface area contributed by atoms with Crippen molar-refractivity contribution in [3.05, 3.63) is 34.4 Å². The highest BCUT2D eigenvalue weighted by atomic mass is 16.6. The van der Waals surface area contributed by atoms with E-state index in [1.807, 2.05) is 6.92 Å². The number of rotatable bonds is 3. The van der Waals surface area contributed by atoms with Crippen molar-refractivity contribution < 1.29 is 10.0 Å². The Bertz CT molecular complexity index is 403. The molecule has 5 nitrogen and oxygen atoms in total. The van der Waals surface area contributed by atoms with Crippen molar-refractivity contribution in [3.8, 4) is 0 Å². The van der Waals surface area contributed by atoms with Crippen LogP contribution in [-0.4, -0.2) is 29.2 Å². The van der Waals surface area contributed by atoms with Gasteiger partial charge in [0.15, 0.2) is 0 Å². The van der Waals surface area contributed by atoms with E-state index in [0.29, 0.717) is 5.92 Å². The molecule has 5 heteroatoms. The van der Waals surface area contributed by atoms with Gasteiger partial charge in [-0.05, 0) is 25.5 Å². The molecule has 0 aliphatic carbocycles. The van der Waals surface area contributed by atoms with Gasteiger partial charge in [-0.3, -0.25) is 10.1 Å². The van der Waals surface area contributed by atoms with E-state index in [2.05, 4.69) is 4.90 Å². The molecule has 0 radical (unpaired) electrons. The number of aliphatic hydroxyl groups is 1. The molecule has 1 aliphatic heterocycles. The predicted octanol–water partition coefficient (Wildman–Crippen LogP) is 1.80. The summed E-state index contributed by atoms with van der Waals surface area (Å²) < 4.78 is 0. The van der Waals surface area contributed by atoms with Crippen LogP contribution in [0.3, 0.4) is 0 Å². The van der Waals surface area contributed by atoms with Crippen molar-refractivity contribution >= 4 is 11.4 Å². The van der Waals surface area contributed by atoms with Gasteiger partial charge in [0.2, 0.25) is 0 Å². The van der Waals surface area contributed by atoms with E-state index in [1.165, 1.54) is 12.1 Å². The summed E-state index contributed by atoms with van der Waals surface area (Å²) in [5.41, 5.74) is 1.10. The van der Waals surface area contributed by atoms with E-state index in [-0.39, 0.29) is 11.8 Å². The van der Waals surface area contributed by atoms with Gasteiger partial charge in [-0.25, -0.2) is 0 Å². The molecule has 1 aromatic rings.